The molecule has 0 aliphatic carbocycles. The number of carboxylic acid groups (broad SMARTS) is 1. The van der Waals surface area contributed by atoms with Gasteiger partial charge < -0.3 is 25.8 Å². The monoisotopic (exact) mass is 229 g/mol. The first-order chi connectivity index (χ1) is 7.00. The molecular formula is C9H11NO4S. The third-order valence-electron chi connectivity index (χ3n) is 1.72. The van der Waals surface area contributed by atoms with E-state index in [2.05, 4.69) is 5.73 Å². The minimum Gasteiger partial charge on any atom is -0.544 e. The molecule has 0 fully saturated rings. The average Bonchev–Trinajstić information content (AvgIpc) is 2.18. The summed E-state index contributed by atoms with van der Waals surface area (Å²) in [5, 5.41) is 28.9. The maximum atomic E-state index is 10.4. The number of hydrogen-bond acceptors (Lipinski definition) is 5. The lowest BCUT2D eigenvalue weighted by molar-refractivity contribution is -0.431. The number of phenols is 2. The third-order valence-corrected chi connectivity index (χ3v) is 2.92. The predicted octanol–water partition coefficient (Wildman–Crippen LogP) is -1.45. The van der Waals surface area contributed by atoms with E-state index in [9.17, 15) is 15.0 Å². The summed E-state index contributed by atoms with van der Waals surface area (Å²) in [5.74, 6) is -1.03. The number of hydrogen-bond donors (Lipinski definition) is 3. The maximum Gasteiger partial charge on any atom is 0.134 e. The van der Waals surface area contributed by atoms with E-state index < -0.39 is 12.0 Å². The minimum absolute atomic E-state index is 0.00310. The Balaban J connectivity index is 2.65. The van der Waals surface area contributed by atoms with Gasteiger partial charge in [-0.05, 0) is 18.2 Å². The molecule has 5 N–H and O–H groups in total. The Morgan fingerprint density at radius 2 is 2.20 bits per heavy atom. The number of thioether (sulfide) groups is 1. The molecule has 0 heterocycles. The molecule has 6 heteroatoms. The zero-order valence-corrected chi connectivity index (χ0v) is 8.66. The first-order valence-corrected chi connectivity index (χ1v) is 5.18. The van der Waals surface area contributed by atoms with Gasteiger partial charge in [-0.3, -0.25) is 0 Å². The predicted molar refractivity (Wildman–Crippen MR) is 52.2 cm³/mol. The number of aromatic hydroxyl groups is 2. The van der Waals surface area contributed by atoms with Crippen LogP contribution < -0.4 is 10.8 Å². The van der Waals surface area contributed by atoms with Crippen molar-refractivity contribution in [2.24, 2.45) is 0 Å². The van der Waals surface area contributed by atoms with Gasteiger partial charge in [0.2, 0.25) is 0 Å². The van der Waals surface area contributed by atoms with Gasteiger partial charge in [-0.15, -0.1) is 11.8 Å². The first-order valence-electron chi connectivity index (χ1n) is 4.19. The van der Waals surface area contributed by atoms with Crippen LogP contribution in [0.2, 0.25) is 0 Å². The van der Waals surface area contributed by atoms with E-state index in [0.29, 0.717) is 4.90 Å². The van der Waals surface area contributed by atoms with Crippen LogP contribution in [0.25, 0.3) is 0 Å². The summed E-state index contributed by atoms with van der Waals surface area (Å²) in [5.41, 5.74) is 3.38. The summed E-state index contributed by atoms with van der Waals surface area (Å²) >= 11 is 1.10. The van der Waals surface area contributed by atoms with Crippen molar-refractivity contribution in [2.45, 2.75) is 10.9 Å². The summed E-state index contributed by atoms with van der Waals surface area (Å²) in [7, 11) is 0. The molecule has 82 valence electrons. The maximum absolute atomic E-state index is 10.4. The zero-order valence-electron chi connectivity index (χ0n) is 7.84. The van der Waals surface area contributed by atoms with Crippen molar-refractivity contribution in [1.82, 2.24) is 0 Å². The minimum atomic E-state index is -1.23. The van der Waals surface area contributed by atoms with E-state index >= 15 is 0 Å². The molecule has 1 atom stereocenters. The van der Waals surface area contributed by atoms with Crippen LogP contribution in [-0.2, 0) is 4.79 Å². The molecule has 1 aromatic rings. The van der Waals surface area contributed by atoms with Crippen LogP contribution in [0.5, 0.6) is 11.5 Å². The fraction of sp³-hybridized carbons (Fsp3) is 0.222. The number of carboxylic acids is 1. The van der Waals surface area contributed by atoms with Gasteiger partial charge in [-0.25, -0.2) is 0 Å². The first kappa shape index (κ1) is 11.7. The van der Waals surface area contributed by atoms with Crippen LogP contribution in [0.3, 0.4) is 0 Å². The Kier molecular flexibility index (Phi) is 3.81. The second kappa shape index (κ2) is 4.90. The van der Waals surface area contributed by atoms with Crippen LogP contribution in [-0.4, -0.2) is 28.0 Å². The summed E-state index contributed by atoms with van der Waals surface area (Å²) in [6.45, 7) is 0. The Morgan fingerprint density at radius 3 is 2.80 bits per heavy atom. The van der Waals surface area contributed by atoms with Crippen LogP contribution >= 0.6 is 11.8 Å². The van der Waals surface area contributed by atoms with Crippen LogP contribution in [0.4, 0.5) is 0 Å². The molecule has 0 spiro atoms. The zero-order chi connectivity index (χ0) is 11.4. The lowest BCUT2D eigenvalue weighted by Crippen LogP contribution is -2.69. The smallest absolute Gasteiger partial charge is 0.134 e. The normalized spacial score (nSPS) is 12.3. The van der Waals surface area contributed by atoms with Gasteiger partial charge in [0.25, 0.3) is 0 Å². The van der Waals surface area contributed by atoms with E-state index in [4.69, 9.17) is 5.11 Å². The second-order valence-corrected chi connectivity index (χ2v) is 4.04. The number of aliphatic carboxylic acids is 1. The molecule has 15 heavy (non-hydrogen) atoms. The van der Waals surface area contributed by atoms with Gasteiger partial charge in [0, 0.05) is 0 Å². The van der Waals surface area contributed by atoms with Gasteiger partial charge in [0.05, 0.1) is 16.6 Å². The molecule has 0 aliphatic heterocycles. The summed E-state index contributed by atoms with van der Waals surface area (Å²) < 4.78 is 0. The molecule has 0 radical (unpaired) electrons. The Labute approximate surface area is 90.5 Å². The molecule has 5 nitrogen and oxygen atoms in total. The van der Waals surface area contributed by atoms with Gasteiger partial charge in [-0.1, -0.05) is 0 Å². The van der Waals surface area contributed by atoms with Gasteiger partial charge in [0.15, 0.2) is 0 Å². The highest BCUT2D eigenvalue weighted by Crippen LogP contribution is 2.31. The molecule has 0 bridgehead atoms. The van der Waals surface area contributed by atoms with Gasteiger partial charge >= 0.3 is 0 Å². The van der Waals surface area contributed by atoms with Crippen molar-refractivity contribution in [2.75, 3.05) is 5.75 Å². The standard InChI is InChI=1S/C9H11NO4S/c10-6(9(13)14)4-15-8-3-5(11)1-2-7(8)12/h1-3,6,11-12H,4,10H2,(H,13,14)/t6-/m0/s1. The van der Waals surface area contributed by atoms with Crippen molar-refractivity contribution < 1.29 is 25.8 Å². The highest BCUT2D eigenvalue weighted by atomic mass is 32.2. The number of carbonyl (C=O) groups excluding carboxylic acids is 1. The summed E-state index contributed by atoms with van der Waals surface area (Å²) in [6.07, 6.45) is 0. The van der Waals surface area contributed by atoms with E-state index in [1.54, 1.807) is 0 Å². The van der Waals surface area contributed by atoms with E-state index in [0.717, 1.165) is 11.8 Å². The molecule has 1 aromatic carbocycles. The van der Waals surface area contributed by atoms with Crippen molar-refractivity contribution in [3.8, 4) is 11.5 Å². The molecule has 0 amide bonds. The molecule has 0 unspecified atom stereocenters. The molecule has 0 saturated heterocycles. The van der Waals surface area contributed by atoms with Crippen molar-refractivity contribution >= 4 is 17.7 Å². The van der Waals surface area contributed by atoms with E-state index in [-0.39, 0.29) is 17.3 Å². The van der Waals surface area contributed by atoms with Crippen molar-refractivity contribution in [1.29, 1.82) is 0 Å². The summed E-state index contributed by atoms with van der Waals surface area (Å²) in [6, 6.07) is 3.20. The third kappa shape index (κ3) is 3.34. The van der Waals surface area contributed by atoms with Gasteiger partial charge in [0.1, 0.15) is 17.5 Å². The van der Waals surface area contributed by atoms with Crippen LogP contribution in [0.15, 0.2) is 23.1 Å². The molecule has 1 rings (SSSR count). The number of rotatable bonds is 4. The van der Waals surface area contributed by atoms with Crippen molar-refractivity contribution in [3.63, 3.8) is 0 Å². The fourth-order valence-corrected chi connectivity index (χ4v) is 1.81. The largest absolute Gasteiger partial charge is 0.544 e. The Morgan fingerprint density at radius 1 is 1.53 bits per heavy atom. The summed E-state index contributed by atoms with van der Waals surface area (Å²) in [4.78, 5) is 10.8. The topological polar surface area (TPSA) is 108 Å². The number of phenolic OH excluding ortho intramolecular Hbond substituents is 2. The number of carbonyl (C=O) groups is 1. The van der Waals surface area contributed by atoms with Crippen LogP contribution in [0, 0.1) is 0 Å². The Bertz CT molecular complexity index is 369. The fourth-order valence-electron chi connectivity index (χ4n) is 0.877. The molecule has 0 aromatic heterocycles. The number of benzene rings is 1. The molecular weight excluding hydrogens is 218 g/mol. The number of quaternary nitrogens is 1. The lowest BCUT2D eigenvalue weighted by atomic mass is 10.3. The molecule has 0 saturated carbocycles. The molecule has 0 aliphatic rings. The van der Waals surface area contributed by atoms with Gasteiger partial charge in [-0.2, -0.15) is 0 Å². The SMILES string of the molecule is [NH3+][C@@H](CSc1cc(O)ccc1O)C(=O)[O-]. The quantitative estimate of drug-likeness (QED) is 0.432. The second-order valence-electron chi connectivity index (χ2n) is 2.98. The highest BCUT2D eigenvalue weighted by molar-refractivity contribution is 7.99. The van der Waals surface area contributed by atoms with E-state index in [1.165, 1.54) is 18.2 Å². The highest BCUT2D eigenvalue weighted by Gasteiger charge is 2.10. The Hall–Kier alpha value is -1.40. The van der Waals surface area contributed by atoms with E-state index in [1.807, 2.05) is 0 Å². The lowest BCUT2D eigenvalue weighted by Gasteiger charge is -2.09. The average molecular weight is 229 g/mol. The van der Waals surface area contributed by atoms with Crippen LogP contribution in [0.1, 0.15) is 0 Å². The van der Waals surface area contributed by atoms with Crippen molar-refractivity contribution in [3.05, 3.63) is 18.2 Å².